The summed E-state index contributed by atoms with van der Waals surface area (Å²) in [7, 11) is -2.86. The highest BCUT2D eigenvalue weighted by atomic mass is 32.2. The van der Waals surface area contributed by atoms with E-state index in [1.165, 1.54) is 19.1 Å². The minimum atomic E-state index is -2.86. The second kappa shape index (κ2) is 5.18. The normalized spacial score (nSPS) is 16.3. The molecule has 1 saturated carbocycles. The van der Waals surface area contributed by atoms with Crippen LogP contribution in [-0.4, -0.2) is 36.2 Å². The zero-order chi connectivity index (χ0) is 12.3. The van der Waals surface area contributed by atoms with E-state index < -0.39 is 9.84 Å². The summed E-state index contributed by atoms with van der Waals surface area (Å²) in [5.41, 5.74) is 1.13. The molecule has 5 nitrogen and oxygen atoms in total. The fourth-order valence-corrected chi connectivity index (χ4v) is 2.38. The minimum absolute atomic E-state index is 0.225. The van der Waals surface area contributed by atoms with Crippen molar-refractivity contribution in [3.63, 3.8) is 0 Å². The predicted octanol–water partition coefficient (Wildman–Crippen LogP) is 0.570. The Balaban J connectivity index is 1.80. The molecule has 0 aromatic carbocycles. The second-order valence-corrected chi connectivity index (χ2v) is 6.94. The van der Waals surface area contributed by atoms with Crippen molar-refractivity contribution in [3.8, 4) is 0 Å². The number of nitrogens with one attached hydrogen (secondary N) is 1. The van der Waals surface area contributed by atoms with E-state index in [1.54, 1.807) is 6.20 Å². The van der Waals surface area contributed by atoms with Gasteiger partial charge in [-0.05, 0) is 25.3 Å². The maximum Gasteiger partial charge on any atom is 0.147 e. The molecule has 1 aliphatic carbocycles. The van der Waals surface area contributed by atoms with Crippen LogP contribution in [0.1, 0.15) is 25.0 Å². The van der Waals surface area contributed by atoms with Crippen LogP contribution in [0.2, 0.25) is 0 Å². The Morgan fingerprint density at radius 1 is 1.53 bits per heavy atom. The number of nitrogens with zero attached hydrogens (tertiary/aromatic N) is 2. The first-order valence-electron chi connectivity index (χ1n) is 5.96. The smallest absolute Gasteiger partial charge is 0.147 e. The molecule has 0 aliphatic heterocycles. The highest BCUT2D eigenvalue weighted by Crippen LogP contribution is 2.19. The number of aromatic nitrogens is 2. The molecule has 1 N–H and O–H groups in total. The van der Waals surface area contributed by atoms with Gasteiger partial charge in [-0.25, -0.2) is 8.42 Å². The molecule has 1 aromatic heterocycles. The van der Waals surface area contributed by atoms with E-state index in [4.69, 9.17) is 0 Å². The lowest BCUT2D eigenvalue weighted by Gasteiger charge is -2.07. The highest BCUT2D eigenvalue weighted by molar-refractivity contribution is 7.90. The molecular formula is C11H19N3O2S. The van der Waals surface area contributed by atoms with Crippen molar-refractivity contribution < 1.29 is 8.42 Å². The zero-order valence-corrected chi connectivity index (χ0v) is 10.9. The van der Waals surface area contributed by atoms with E-state index in [1.807, 2.05) is 10.7 Å². The first-order valence-corrected chi connectivity index (χ1v) is 8.02. The lowest BCUT2D eigenvalue weighted by molar-refractivity contribution is 0.542. The summed E-state index contributed by atoms with van der Waals surface area (Å²) in [6, 6.07) is 2.66. The monoisotopic (exact) mass is 257 g/mol. The van der Waals surface area contributed by atoms with Gasteiger partial charge >= 0.3 is 0 Å². The molecule has 17 heavy (non-hydrogen) atoms. The van der Waals surface area contributed by atoms with Crippen molar-refractivity contribution in [2.24, 2.45) is 0 Å². The fourth-order valence-electron chi connectivity index (χ4n) is 1.72. The molecule has 0 atom stereocenters. The average molecular weight is 257 g/mol. The number of sulfone groups is 1. The molecule has 0 amide bonds. The summed E-state index contributed by atoms with van der Waals surface area (Å²) in [4.78, 5) is 0. The molecule has 2 rings (SSSR count). The maximum atomic E-state index is 11.0. The second-order valence-electron chi connectivity index (χ2n) is 4.68. The van der Waals surface area contributed by atoms with Gasteiger partial charge in [0.2, 0.25) is 0 Å². The molecule has 96 valence electrons. The Morgan fingerprint density at radius 2 is 2.29 bits per heavy atom. The molecule has 1 aromatic rings. The van der Waals surface area contributed by atoms with E-state index in [2.05, 4.69) is 10.4 Å². The van der Waals surface area contributed by atoms with Gasteiger partial charge in [0.15, 0.2) is 0 Å². The van der Waals surface area contributed by atoms with Crippen LogP contribution in [0.15, 0.2) is 12.3 Å². The highest BCUT2D eigenvalue weighted by Gasteiger charge is 2.20. The summed E-state index contributed by atoms with van der Waals surface area (Å²) >= 11 is 0. The van der Waals surface area contributed by atoms with Gasteiger partial charge in [0.25, 0.3) is 0 Å². The third-order valence-corrected chi connectivity index (χ3v) is 3.87. The first kappa shape index (κ1) is 12.6. The molecule has 0 spiro atoms. The molecule has 0 unspecified atom stereocenters. The van der Waals surface area contributed by atoms with Gasteiger partial charge in [-0.2, -0.15) is 5.10 Å². The van der Waals surface area contributed by atoms with Gasteiger partial charge < -0.3 is 5.32 Å². The van der Waals surface area contributed by atoms with Crippen molar-refractivity contribution in [1.82, 2.24) is 15.1 Å². The third kappa shape index (κ3) is 4.47. The van der Waals surface area contributed by atoms with Gasteiger partial charge in [0, 0.05) is 31.6 Å². The third-order valence-electron chi connectivity index (χ3n) is 2.84. The summed E-state index contributed by atoms with van der Waals surface area (Å²) in [6.45, 7) is 1.49. The molecule has 1 aliphatic rings. The minimum Gasteiger partial charge on any atom is -0.308 e. The van der Waals surface area contributed by atoms with Gasteiger partial charge in [-0.1, -0.05) is 0 Å². The quantitative estimate of drug-likeness (QED) is 0.775. The number of aryl methyl sites for hydroxylation is 1. The summed E-state index contributed by atoms with van der Waals surface area (Å²) in [6.07, 6.45) is 6.19. The summed E-state index contributed by atoms with van der Waals surface area (Å²) < 4.78 is 23.9. The van der Waals surface area contributed by atoms with Crippen molar-refractivity contribution in [1.29, 1.82) is 0 Å². The van der Waals surface area contributed by atoms with Crippen molar-refractivity contribution in [2.45, 2.75) is 38.4 Å². The van der Waals surface area contributed by atoms with Crippen LogP contribution < -0.4 is 5.32 Å². The lowest BCUT2D eigenvalue weighted by atomic mass is 10.4. The Hall–Kier alpha value is -0.880. The van der Waals surface area contributed by atoms with Crippen molar-refractivity contribution >= 4 is 9.84 Å². The number of rotatable bonds is 7. The first-order chi connectivity index (χ1) is 8.04. The molecule has 1 fully saturated rings. The standard InChI is InChI=1S/C11H19N3O2S/c1-17(15,16)8-2-7-14-11(5-6-13-14)9-12-10-3-4-10/h5-6,10,12H,2-4,7-9H2,1H3. The van der Waals surface area contributed by atoms with Gasteiger partial charge in [0.05, 0.1) is 11.4 Å². The lowest BCUT2D eigenvalue weighted by Crippen LogP contribution is -2.19. The van der Waals surface area contributed by atoms with Crippen molar-refractivity contribution in [3.05, 3.63) is 18.0 Å². The van der Waals surface area contributed by atoms with E-state index in [0.717, 1.165) is 12.2 Å². The Kier molecular flexibility index (Phi) is 3.83. The molecule has 0 saturated heterocycles. The zero-order valence-electron chi connectivity index (χ0n) is 10.1. The largest absolute Gasteiger partial charge is 0.308 e. The predicted molar refractivity (Wildman–Crippen MR) is 66.4 cm³/mol. The van der Waals surface area contributed by atoms with E-state index >= 15 is 0 Å². The van der Waals surface area contributed by atoms with Crippen molar-refractivity contribution in [2.75, 3.05) is 12.0 Å². The molecular weight excluding hydrogens is 238 g/mol. The van der Waals surface area contributed by atoms with Gasteiger partial charge in [-0.3, -0.25) is 4.68 Å². The van der Waals surface area contributed by atoms with E-state index in [9.17, 15) is 8.42 Å². The van der Waals surface area contributed by atoms with Crippen LogP contribution in [0.5, 0.6) is 0 Å². The fraction of sp³-hybridized carbons (Fsp3) is 0.727. The van der Waals surface area contributed by atoms with Crippen LogP contribution in [0.25, 0.3) is 0 Å². The van der Waals surface area contributed by atoms with Gasteiger partial charge in [-0.15, -0.1) is 0 Å². The van der Waals surface area contributed by atoms with E-state index in [-0.39, 0.29) is 5.75 Å². The molecule has 0 bridgehead atoms. The van der Waals surface area contributed by atoms with Crippen LogP contribution in [0.4, 0.5) is 0 Å². The SMILES string of the molecule is CS(=O)(=O)CCCn1nccc1CNC1CC1. The Morgan fingerprint density at radius 3 is 2.94 bits per heavy atom. The van der Waals surface area contributed by atoms with E-state index in [0.29, 0.717) is 19.0 Å². The van der Waals surface area contributed by atoms with Crippen LogP contribution >= 0.6 is 0 Å². The van der Waals surface area contributed by atoms with Gasteiger partial charge in [0.1, 0.15) is 9.84 Å². The average Bonchev–Trinajstić information content (AvgIpc) is 2.95. The topological polar surface area (TPSA) is 64.0 Å². The Labute approximate surface area is 102 Å². The Bertz CT molecular complexity index is 463. The molecule has 1 heterocycles. The van der Waals surface area contributed by atoms with Crippen LogP contribution in [-0.2, 0) is 22.9 Å². The molecule has 6 heteroatoms. The number of hydrogen-bond acceptors (Lipinski definition) is 4. The van der Waals surface area contributed by atoms with Crippen LogP contribution in [0, 0.1) is 0 Å². The maximum absolute atomic E-state index is 11.0. The summed E-state index contributed by atoms with van der Waals surface area (Å²) in [5, 5.41) is 7.64. The number of hydrogen-bond donors (Lipinski definition) is 1. The summed E-state index contributed by atoms with van der Waals surface area (Å²) in [5.74, 6) is 0.225. The van der Waals surface area contributed by atoms with Crippen LogP contribution in [0.3, 0.4) is 0 Å². The molecule has 0 radical (unpaired) electrons.